The van der Waals surface area contributed by atoms with Crippen LogP contribution in [-0.2, 0) is 19.3 Å². The van der Waals surface area contributed by atoms with Crippen molar-refractivity contribution in [2.75, 3.05) is 14.2 Å². The lowest BCUT2D eigenvalue weighted by molar-refractivity contribution is -0.350. The molecule has 2 saturated carbocycles. The summed E-state index contributed by atoms with van der Waals surface area (Å²) in [5.74, 6) is -0.502. The van der Waals surface area contributed by atoms with E-state index in [4.69, 9.17) is 9.68 Å². The third-order valence-electron chi connectivity index (χ3n) is 4.80. The fourth-order valence-corrected chi connectivity index (χ4v) is 3.52. The predicted octanol–water partition coefficient (Wildman–Crippen LogP) is 2.84. The first-order valence-corrected chi connectivity index (χ1v) is 8.45. The largest absolute Gasteiger partial charge is 0.272 e. The Morgan fingerprint density at radius 1 is 0.682 bits per heavy atom. The van der Waals surface area contributed by atoms with Crippen LogP contribution in [0.15, 0.2) is 0 Å². The summed E-state index contributed by atoms with van der Waals surface area (Å²) in [6, 6.07) is 0. The highest BCUT2D eigenvalue weighted by atomic mass is 16.8. The third kappa shape index (κ3) is 3.98. The first kappa shape index (κ1) is 17.2. The molecule has 22 heavy (non-hydrogen) atoms. The maximum Gasteiger partial charge on any atom is 0.272 e. The Hall–Kier alpha value is -1.14. The van der Waals surface area contributed by atoms with Crippen molar-refractivity contribution in [3.63, 3.8) is 0 Å². The molecule has 0 heterocycles. The van der Waals surface area contributed by atoms with Gasteiger partial charge in [0.15, 0.2) is 0 Å². The number of nitrogens with zero attached hydrogens (tertiary/aromatic N) is 2. The highest BCUT2D eigenvalue weighted by Gasteiger charge is 2.36. The molecule has 0 bridgehead atoms. The van der Waals surface area contributed by atoms with Crippen molar-refractivity contribution in [3.05, 3.63) is 0 Å². The summed E-state index contributed by atoms with van der Waals surface area (Å²) in [5.41, 5.74) is 0. The maximum atomic E-state index is 12.6. The van der Waals surface area contributed by atoms with Crippen LogP contribution < -0.4 is 0 Å². The average molecular weight is 312 g/mol. The van der Waals surface area contributed by atoms with E-state index in [0.717, 1.165) is 61.7 Å². The zero-order valence-corrected chi connectivity index (χ0v) is 13.8. The molecule has 2 fully saturated rings. The van der Waals surface area contributed by atoms with Crippen LogP contribution >= 0.6 is 0 Å². The lowest BCUT2D eigenvalue weighted by Crippen LogP contribution is -2.52. The monoisotopic (exact) mass is 312 g/mol. The van der Waals surface area contributed by atoms with Crippen molar-refractivity contribution in [2.24, 2.45) is 11.8 Å². The van der Waals surface area contributed by atoms with E-state index in [1.807, 2.05) is 0 Å². The molecule has 0 N–H and O–H groups in total. The minimum atomic E-state index is -0.173. The number of amides is 2. The first-order valence-electron chi connectivity index (χ1n) is 8.45. The van der Waals surface area contributed by atoms with Gasteiger partial charge in [-0.25, -0.2) is 0 Å². The molecule has 0 aromatic heterocycles. The van der Waals surface area contributed by atoms with Crippen LogP contribution in [0.3, 0.4) is 0 Å². The molecule has 6 nitrogen and oxygen atoms in total. The topological polar surface area (TPSA) is 59.1 Å². The van der Waals surface area contributed by atoms with Crippen LogP contribution in [0.1, 0.15) is 64.2 Å². The molecule has 2 aliphatic carbocycles. The lowest BCUT2D eigenvalue weighted by Gasteiger charge is -2.35. The van der Waals surface area contributed by atoms with Crippen molar-refractivity contribution in [3.8, 4) is 0 Å². The summed E-state index contributed by atoms with van der Waals surface area (Å²) in [5, 5.41) is 2.04. The van der Waals surface area contributed by atoms with Crippen molar-refractivity contribution in [1.29, 1.82) is 0 Å². The molecule has 2 aliphatic rings. The summed E-state index contributed by atoms with van der Waals surface area (Å²) >= 11 is 0. The fourth-order valence-electron chi connectivity index (χ4n) is 3.52. The molecule has 0 atom stereocenters. The summed E-state index contributed by atoms with van der Waals surface area (Å²) in [6.45, 7) is 0. The minimum absolute atomic E-state index is 0.0782. The summed E-state index contributed by atoms with van der Waals surface area (Å²) < 4.78 is 0. The van der Waals surface area contributed by atoms with E-state index in [1.54, 1.807) is 0 Å². The van der Waals surface area contributed by atoms with Gasteiger partial charge in [-0.05, 0) is 25.7 Å². The molecule has 0 saturated heterocycles. The number of carbonyl (C=O) groups excluding carboxylic acids is 2. The van der Waals surface area contributed by atoms with E-state index >= 15 is 0 Å². The summed E-state index contributed by atoms with van der Waals surface area (Å²) in [4.78, 5) is 35.7. The van der Waals surface area contributed by atoms with Crippen molar-refractivity contribution < 1.29 is 19.3 Å². The number of hydroxylamine groups is 2. The highest BCUT2D eigenvalue weighted by Crippen LogP contribution is 2.29. The number of rotatable bonds is 4. The number of carbonyl (C=O) groups is 2. The normalized spacial score (nSPS) is 20.6. The molecule has 2 rings (SSSR count). The van der Waals surface area contributed by atoms with E-state index in [9.17, 15) is 9.59 Å². The Bertz CT molecular complexity index is 340. The molecular formula is C16H28N2O4. The van der Waals surface area contributed by atoms with Crippen LogP contribution in [0, 0.1) is 11.8 Å². The second-order valence-corrected chi connectivity index (χ2v) is 6.26. The van der Waals surface area contributed by atoms with Crippen molar-refractivity contribution in [2.45, 2.75) is 64.2 Å². The first-order chi connectivity index (χ1) is 10.7. The van der Waals surface area contributed by atoms with E-state index in [1.165, 1.54) is 27.1 Å². The Kier molecular flexibility index (Phi) is 6.64. The van der Waals surface area contributed by atoms with Gasteiger partial charge in [0.1, 0.15) is 0 Å². The van der Waals surface area contributed by atoms with Gasteiger partial charge in [0.25, 0.3) is 11.8 Å². The zero-order chi connectivity index (χ0) is 15.9. The molecule has 0 aromatic carbocycles. The molecule has 6 heteroatoms. The Morgan fingerprint density at radius 3 is 1.27 bits per heavy atom. The maximum absolute atomic E-state index is 12.6. The van der Waals surface area contributed by atoms with Gasteiger partial charge >= 0.3 is 0 Å². The van der Waals surface area contributed by atoms with Crippen LogP contribution in [-0.4, -0.2) is 36.4 Å². The summed E-state index contributed by atoms with van der Waals surface area (Å²) in [6.07, 6.45) is 9.98. The smallest absolute Gasteiger partial charge is 0.270 e. The molecule has 2 amide bonds. The Morgan fingerprint density at radius 2 is 1.00 bits per heavy atom. The second-order valence-electron chi connectivity index (χ2n) is 6.26. The molecule has 126 valence electrons. The lowest BCUT2D eigenvalue weighted by atomic mass is 9.88. The van der Waals surface area contributed by atoms with Gasteiger partial charge in [0.05, 0.1) is 14.2 Å². The SMILES string of the molecule is CON(C(=O)C1CCCCC1)N(OC)C(=O)C1CCCCC1. The van der Waals surface area contributed by atoms with Crippen LogP contribution in [0.25, 0.3) is 0 Å². The molecule has 0 unspecified atom stereocenters. The van der Waals surface area contributed by atoms with Gasteiger partial charge in [0.2, 0.25) is 0 Å². The highest BCUT2D eigenvalue weighted by molar-refractivity contribution is 5.83. The van der Waals surface area contributed by atoms with Gasteiger partial charge in [-0.1, -0.05) is 48.9 Å². The Labute approximate surface area is 132 Å². The molecule has 0 aromatic rings. The minimum Gasteiger partial charge on any atom is -0.270 e. The van der Waals surface area contributed by atoms with Crippen molar-refractivity contribution in [1.82, 2.24) is 10.3 Å². The summed E-state index contributed by atoms with van der Waals surface area (Å²) in [7, 11) is 2.81. The van der Waals surface area contributed by atoms with E-state index in [0.29, 0.717) is 0 Å². The Balaban J connectivity index is 2.04. The number of hydrogen-bond donors (Lipinski definition) is 0. The van der Waals surface area contributed by atoms with Crippen molar-refractivity contribution >= 4 is 11.8 Å². The van der Waals surface area contributed by atoms with Gasteiger partial charge in [0, 0.05) is 11.8 Å². The van der Waals surface area contributed by atoms with E-state index in [2.05, 4.69) is 0 Å². The molecule has 0 spiro atoms. The van der Waals surface area contributed by atoms with Crippen LogP contribution in [0.5, 0.6) is 0 Å². The predicted molar refractivity (Wildman–Crippen MR) is 80.9 cm³/mol. The number of hydrogen-bond acceptors (Lipinski definition) is 4. The standard InChI is InChI=1S/C16H28N2O4/c1-21-17(15(19)13-9-5-3-6-10-13)18(22-2)16(20)14-11-7-4-8-12-14/h13-14H,3-12H2,1-2H3. The fraction of sp³-hybridized carbons (Fsp3) is 0.875. The molecular weight excluding hydrogens is 284 g/mol. The van der Waals surface area contributed by atoms with Gasteiger partial charge in [-0.2, -0.15) is 0 Å². The number of hydrazine groups is 1. The van der Waals surface area contributed by atoms with E-state index < -0.39 is 0 Å². The quantitative estimate of drug-likeness (QED) is 0.749. The third-order valence-corrected chi connectivity index (χ3v) is 4.80. The van der Waals surface area contributed by atoms with Crippen LogP contribution in [0.4, 0.5) is 0 Å². The molecule has 0 radical (unpaired) electrons. The van der Waals surface area contributed by atoms with Gasteiger partial charge < -0.3 is 0 Å². The molecule has 0 aliphatic heterocycles. The average Bonchev–Trinajstić information content (AvgIpc) is 2.60. The zero-order valence-electron chi connectivity index (χ0n) is 13.8. The second kappa shape index (κ2) is 8.48. The van der Waals surface area contributed by atoms with Gasteiger partial charge in [-0.3, -0.25) is 19.3 Å². The van der Waals surface area contributed by atoms with Gasteiger partial charge in [-0.15, -0.1) is 0 Å². The van der Waals surface area contributed by atoms with E-state index in [-0.39, 0.29) is 23.7 Å². The van der Waals surface area contributed by atoms with Crippen LogP contribution in [0.2, 0.25) is 0 Å².